The Labute approximate surface area is 139 Å². The monoisotopic (exact) mass is 331 g/mol. The zero-order chi connectivity index (χ0) is 17.9. The summed E-state index contributed by atoms with van der Waals surface area (Å²) >= 11 is 0. The van der Waals surface area contributed by atoms with E-state index in [1.54, 1.807) is 0 Å². The molecule has 0 saturated carbocycles. The van der Waals surface area contributed by atoms with E-state index in [0.29, 0.717) is 16.5 Å². The zero-order valence-electron chi connectivity index (χ0n) is 14.2. The number of non-ortho nitro benzene ring substituents is 1. The Hall–Kier alpha value is -2.26. The summed E-state index contributed by atoms with van der Waals surface area (Å²) < 4.78 is 13.2. The van der Waals surface area contributed by atoms with Crippen molar-refractivity contribution >= 4 is 35.2 Å². The third-order valence-electron chi connectivity index (χ3n) is 4.68. The first-order valence-electron chi connectivity index (χ1n) is 7.57. The molecule has 0 N–H and O–H groups in total. The van der Waals surface area contributed by atoms with Gasteiger partial charge in [0.1, 0.15) is 5.59 Å². The fourth-order valence-electron chi connectivity index (χ4n) is 2.61. The smallest absolute Gasteiger partial charge is 0.398 e. The summed E-state index contributed by atoms with van der Waals surface area (Å²) in [4.78, 5) is 22.4. The van der Waals surface area contributed by atoms with Crippen molar-refractivity contribution in [3.05, 3.63) is 28.3 Å². The second-order valence-electron chi connectivity index (χ2n) is 6.86. The van der Waals surface area contributed by atoms with Crippen molar-refractivity contribution in [2.75, 3.05) is 0 Å². The number of hydrogen-bond acceptors (Lipinski definition) is 6. The van der Waals surface area contributed by atoms with Gasteiger partial charge in [0.25, 0.3) is 5.69 Å². The van der Waals surface area contributed by atoms with Crippen molar-refractivity contribution in [1.82, 2.24) is 9.78 Å². The number of nitro groups is 1. The van der Waals surface area contributed by atoms with Crippen LogP contribution < -0.4 is 5.59 Å². The molecule has 2 heterocycles. The third-order valence-corrected chi connectivity index (χ3v) is 4.68. The maximum absolute atomic E-state index is 11.8. The minimum absolute atomic E-state index is 0.0802. The molecule has 126 valence electrons. The lowest BCUT2D eigenvalue weighted by molar-refractivity contribution is -0.384. The van der Waals surface area contributed by atoms with Crippen molar-refractivity contribution < 1.29 is 19.0 Å². The number of benzene rings is 1. The molecule has 0 radical (unpaired) electrons. The molecule has 2 aromatic rings. The van der Waals surface area contributed by atoms with E-state index in [2.05, 4.69) is 5.10 Å². The highest BCUT2D eigenvalue weighted by molar-refractivity contribution is 6.64. The Morgan fingerprint density at radius 1 is 1.25 bits per heavy atom. The van der Waals surface area contributed by atoms with Crippen LogP contribution in [-0.2, 0) is 9.31 Å². The predicted octanol–water partition coefficient (Wildman–Crippen LogP) is 1.90. The second kappa shape index (κ2) is 5.12. The molecule has 8 nitrogen and oxygen atoms in total. The topological polar surface area (TPSA) is 96.5 Å². The minimum Gasteiger partial charge on any atom is -0.398 e. The van der Waals surface area contributed by atoms with Gasteiger partial charge in [-0.3, -0.25) is 14.9 Å². The lowest BCUT2D eigenvalue weighted by Gasteiger charge is -2.32. The lowest BCUT2D eigenvalue weighted by Crippen LogP contribution is -2.41. The van der Waals surface area contributed by atoms with Crippen LogP contribution in [-0.4, -0.2) is 38.9 Å². The average molecular weight is 331 g/mol. The molecule has 1 aliphatic rings. The van der Waals surface area contributed by atoms with Crippen molar-refractivity contribution in [2.24, 2.45) is 0 Å². The van der Waals surface area contributed by atoms with Gasteiger partial charge in [0.05, 0.1) is 21.6 Å². The molecule has 24 heavy (non-hydrogen) atoms. The molecule has 9 heteroatoms. The summed E-state index contributed by atoms with van der Waals surface area (Å²) in [7, 11) is -0.805. The van der Waals surface area contributed by atoms with Crippen LogP contribution in [0.5, 0.6) is 0 Å². The number of carbonyl (C=O) groups is 1. The fourth-order valence-corrected chi connectivity index (χ4v) is 2.61. The van der Waals surface area contributed by atoms with Gasteiger partial charge in [-0.2, -0.15) is 5.10 Å². The van der Waals surface area contributed by atoms with E-state index in [1.807, 2.05) is 27.7 Å². The molecule has 1 saturated heterocycles. The molecule has 0 amide bonds. The summed E-state index contributed by atoms with van der Waals surface area (Å²) in [5.41, 5.74) is -0.390. The van der Waals surface area contributed by atoms with Crippen LogP contribution in [0, 0.1) is 10.1 Å². The van der Waals surface area contributed by atoms with Crippen LogP contribution in [0.4, 0.5) is 5.69 Å². The van der Waals surface area contributed by atoms with E-state index in [0.717, 1.165) is 0 Å². The molecule has 0 spiro atoms. The fraction of sp³-hybridized carbons (Fsp3) is 0.467. The van der Waals surface area contributed by atoms with Crippen molar-refractivity contribution in [3.8, 4) is 0 Å². The first-order valence-corrected chi connectivity index (χ1v) is 7.57. The molecule has 1 fully saturated rings. The van der Waals surface area contributed by atoms with Gasteiger partial charge in [-0.05, 0) is 33.8 Å². The Bertz CT molecular complexity index is 842. The van der Waals surface area contributed by atoms with Gasteiger partial charge in [0, 0.05) is 24.4 Å². The number of carbonyl (C=O) groups excluding carboxylic acids is 1. The summed E-state index contributed by atoms with van der Waals surface area (Å²) in [5.74, 6) is -0.295. The number of rotatable bonds is 2. The highest BCUT2D eigenvalue weighted by Crippen LogP contribution is 2.37. The molecular formula is C15H18BN3O5. The number of nitro benzene ring substituents is 1. The Morgan fingerprint density at radius 3 is 2.33 bits per heavy atom. The van der Waals surface area contributed by atoms with Crippen LogP contribution in [0.1, 0.15) is 39.4 Å². The Kier molecular flexibility index (Phi) is 3.54. The Balaban J connectivity index is 2.19. The predicted molar refractivity (Wildman–Crippen MR) is 88.4 cm³/mol. The maximum Gasteiger partial charge on any atom is 0.517 e. The van der Waals surface area contributed by atoms with Crippen LogP contribution in [0.3, 0.4) is 0 Å². The van der Waals surface area contributed by atoms with E-state index < -0.39 is 23.2 Å². The number of nitrogens with zero attached hydrogens (tertiary/aromatic N) is 3. The molecule has 1 aromatic heterocycles. The normalized spacial score (nSPS) is 19.0. The third kappa shape index (κ3) is 2.40. The lowest BCUT2D eigenvalue weighted by atomic mass is 9.82. The number of aromatic nitrogens is 2. The molecule has 1 aromatic carbocycles. The van der Waals surface area contributed by atoms with Gasteiger partial charge >= 0.3 is 7.12 Å². The average Bonchev–Trinajstić information content (AvgIpc) is 2.93. The Morgan fingerprint density at radius 2 is 1.83 bits per heavy atom. The van der Waals surface area contributed by atoms with Crippen LogP contribution in [0.15, 0.2) is 18.2 Å². The summed E-state index contributed by atoms with van der Waals surface area (Å²) in [5, 5.41) is 15.8. The van der Waals surface area contributed by atoms with Crippen LogP contribution >= 0.6 is 0 Å². The van der Waals surface area contributed by atoms with E-state index in [-0.39, 0.29) is 11.6 Å². The van der Waals surface area contributed by atoms with Crippen molar-refractivity contribution in [3.63, 3.8) is 0 Å². The number of fused-ring (bicyclic) bond motifs is 1. The van der Waals surface area contributed by atoms with E-state index in [9.17, 15) is 14.9 Å². The first-order chi connectivity index (χ1) is 11.0. The van der Waals surface area contributed by atoms with Gasteiger partial charge in [0.2, 0.25) is 5.91 Å². The summed E-state index contributed by atoms with van der Waals surface area (Å²) in [6.45, 7) is 8.99. The van der Waals surface area contributed by atoms with Crippen molar-refractivity contribution in [2.45, 2.75) is 45.8 Å². The van der Waals surface area contributed by atoms with Gasteiger partial charge < -0.3 is 9.31 Å². The molecule has 1 aliphatic heterocycles. The van der Waals surface area contributed by atoms with E-state index in [1.165, 1.54) is 29.8 Å². The highest BCUT2D eigenvalue weighted by atomic mass is 16.7. The highest BCUT2D eigenvalue weighted by Gasteiger charge is 2.53. The molecule has 0 bridgehead atoms. The molecule has 0 atom stereocenters. The largest absolute Gasteiger partial charge is 0.517 e. The van der Waals surface area contributed by atoms with Crippen LogP contribution in [0.2, 0.25) is 0 Å². The van der Waals surface area contributed by atoms with Gasteiger partial charge in [-0.1, -0.05) is 0 Å². The van der Waals surface area contributed by atoms with Gasteiger partial charge in [-0.25, -0.2) is 4.68 Å². The van der Waals surface area contributed by atoms with Gasteiger partial charge in [-0.15, -0.1) is 0 Å². The zero-order valence-corrected chi connectivity index (χ0v) is 14.2. The van der Waals surface area contributed by atoms with Crippen LogP contribution in [0.25, 0.3) is 10.9 Å². The SMILES string of the molecule is CC(=O)n1nc(B2OC(C)(C)C(C)(C)O2)c2cc([N+](=O)[O-])ccc21. The quantitative estimate of drug-likeness (QED) is 0.474. The standard InChI is InChI=1S/C15H18BN3O5/c1-9(20)18-12-7-6-10(19(21)22)8-11(12)13(17-18)16-23-14(2,3)15(4,5)24-16/h6-8H,1-5H3. The molecule has 0 aliphatic carbocycles. The summed E-state index contributed by atoms with van der Waals surface area (Å²) in [6.07, 6.45) is 0. The maximum atomic E-state index is 11.8. The van der Waals surface area contributed by atoms with E-state index in [4.69, 9.17) is 9.31 Å². The van der Waals surface area contributed by atoms with Crippen molar-refractivity contribution in [1.29, 1.82) is 0 Å². The summed E-state index contributed by atoms with van der Waals surface area (Å²) in [6, 6.07) is 4.25. The second-order valence-corrected chi connectivity index (χ2v) is 6.86. The molecular weight excluding hydrogens is 313 g/mol. The molecule has 0 unspecified atom stereocenters. The minimum atomic E-state index is -0.805. The van der Waals surface area contributed by atoms with Gasteiger partial charge in [0.15, 0.2) is 0 Å². The van der Waals surface area contributed by atoms with E-state index >= 15 is 0 Å². The number of hydrogen-bond donors (Lipinski definition) is 0. The first kappa shape index (κ1) is 16.6. The molecule has 3 rings (SSSR count).